The number of Topliss-reactive ketones (excluding diaryl/α,β-unsaturated/α-hetero) is 1. The number of azo groups is 1. The van der Waals surface area contributed by atoms with Gasteiger partial charge in [0.05, 0.1) is 5.70 Å². The van der Waals surface area contributed by atoms with Gasteiger partial charge in [0.15, 0.2) is 11.8 Å². The SMILES string of the molecule is C/C(N=NC(C(=O)c1ccccc1)c1ccccc1)=C(/C)[P+](c1ccccc1)(c1ccccc1)c1ccccc1. The van der Waals surface area contributed by atoms with E-state index >= 15 is 0 Å². The van der Waals surface area contributed by atoms with Crippen LogP contribution in [0.2, 0.25) is 0 Å². The van der Waals surface area contributed by atoms with Crippen molar-refractivity contribution in [2.75, 3.05) is 0 Å². The lowest BCUT2D eigenvalue weighted by atomic mass is 9.98. The molecule has 5 aromatic carbocycles. The smallest absolute Gasteiger partial charge is 0.193 e. The van der Waals surface area contributed by atoms with Crippen molar-refractivity contribution in [1.82, 2.24) is 0 Å². The van der Waals surface area contributed by atoms with Crippen LogP contribution in [0.15, 0.2) is 173 Å². The van der Waals surface area contributed by atoms with E-state index in [0.29, 0.717) is 5.56 Å². The zero-order valence-corrected chi connectivity index (χ0v) is 23.7. The lowest BCUT2D eigenvalue weighted by Crippen LogP contribution is -2.32. The summed E-state index contributed by atoms with van der Waals surface area (Å²) in [6.45, 7) is 4.18. The first-order valence-corrected chi connectivity index (χ1v) is 15.2. The van der Waals surface area contributed by atoms with Crippen molar-refractivity contribution in [1.29, 1.82) is 0 Å². The predicted molar refractivity (Wildman–Crippen MR) is 168 cm³/mol. The Hall–Kier alpha value is -4.46. The van der Waals surface area contributed by atoms with Crippen molar-refractivity contribution in [3.8, 4) is 0 Å². The largest absolute Gasteiger partial charge is 0.291 e. The highest BCUT2D eigenvalue weighted by atomic mass is 31.2. The van der Waals surface area contributed by atoms with Crippen LogP contribution in [0, 0.1) is 0 Å². The number of ketones is 1. The van der Waals surface area contributed by atoms with Crippen molar-refractivity contribution < 1.29 is 4.79 Å². The molecule has 0 N–H and O–H groups in total. The number of nitrogens with zero attached hydrogens (tertiary/aromatic N) is 2. The highest BCUT2D eigenvalue weighted by molar-refractivity contribution is 7.99. The number of allylic oxidation sites excluding steroid dienone is 2. The van der Waals surface area contributed by atoms with Crippen LogP contribution in [0.25, 0.3) is 0 Å². The molecule has 0 fully saturated rings. The molecule has 0 spiro atoms. The van der Waals surface area contributed by atoms with E-state index in [1.165, 1.54) is 15.9 Å². The summed E-state index contributed by atoms with van der Waals surface area (Å²) >= 11 is 0. The molecular formula is C36H32N2OP+. The Bertz CT molecular complexity index is 1500. The van der Waals surface area contributed by atoms with Crippen LogP contribution in [0.1, 0.15) is 35.8 Å². The maximum absolute atomic E-state index is 13.6. The van der Waals surface area contributed by atoms with Gasteiger partial charge in [-0.25, -0.2) is 0 Å². The Morgan fingerprint density at radius 3 is 1.35 bits per heavy atom. The summed E-state index contributed by atoms with van der Waals surface area (Å²) in [4.78, 5) is 13.6. The molecule has 0 aliphatic carbocycles. The van der Waals surface area contributed by atoms with Gasteiger partial charge in [-0.15, -0.1) is 0 Å². The van der Waals surface area contributed by atoms with E-state index in [1.807, 2.05) is 67.6 Å². The van der Waals surface area contributed by atoms with Crippen molar-refractivity contribution in [2.24, 2.45) is 10.2 Å². The fraction of sp³-hybridized carbons (Fsp3) is 0.0833. The van der Waals surface area contributed by atoms with E-state index in [2.05, 4.69) is 97.9 Å². The molecule has 0 heterocycles. The molecule has 40 heavy (non-hydrogen) atoms. The Balaban J connectivity index is 1.69. The van der Waals surface area contributed by atoms with Crippen molar-refractivity contribution in [3.05, 3.63) is 174 Å². The topological polar surface area (TPSA) is 41.8 Å². The molecule has 1 unspecified atom stereocenters. The molecule has 0 aromatic heterocycles. The standard InChI is InChI=1S/C36H32N2OP/c1-28(37-38-35(30-18-8-3-9-19-30)36(39)31-20-10-4-11-21-31)29(2)40(32-22-12-5-13-23-32,33-24-14-6-15-25-33)34-26-16-7-17-27-34/h3-27,35H,1-2H3/q+1/b29-28+,38-37?. The third kappa shape index (κ3) is 5.47. The molecule has 4 heteroatoms. The molecule has 0 amide bonds. The van der Waals surface area contributed by atoms with Crippen molar-refractivity contribution in [2.45, 2.75) is 19.9 Å². The van der Waals surface area contributed by atoms with Gasteiger partial charge in [-0.3, -0.25) is 4.79 Å². The summed E-state index contributed by atoms with van der Waals surface area (Å²) in [5.74, 6) is -0.0729. The van der Waals surface area contributed by atoms with Crippen LogP contribution in [0.4, 0.5) is 0 Å². The second-order valence-electron chi connectivity index (χ2n) is 9.61. The second-order valence-corrected chi connectivity index (χ2v) is 13.2. The van der Waals surface area contributed by atoms with E-state index in [0.717, 1.165) is 16.6 Å². The quantitative estimate of drug-likeness (QED) is 0.106. The van der Waals surface area contributed by atoms with Gasteiger partial charge in [-0.2, -0.15) is 10.2 Å². The zero-order chi connectivity index (χ0) is 27.8. The fourth-order valence-electron chi connectivity index (χ4n) is 5.11. The van der Waals surface area contributed by atoms with Gasteiger partial charge >= 0.3 is 0 Å². The van der Waals surface area contributed by atoms with Gasteiger partial charge in [-0.05, 0) is 55.8 Å². The predicted octanol–water partition coefficient (Wildman–Crippen LogP) is 8.31. The molecule has 1 atom stereocenters. The molecule has 0 saturated carbocycles. The molecule has 5 aromatic rings. The molecule has 0 aliphatic rings. The van der Waals surface area contributed by atoms with Crippen LogP contribution < -0.4 is 15.9 Å². The first-order chi connectivity index (χ1) is 19.6. The minimum atomic E-state index is -2.27. The number of hydrogen-bond acceptors (Lipinski definition) is 3. The number of benzene rings is 5. The maximum atomic E-state index is 13.6. The summed E-state index contributed by atoms with van der Waals surface area (Å²) in [5.41, 5.74) is 2.25. The first-order valence-electron chi connectivity index (χ1n) is 13.4. The number of carbonyl (C=O) groups is 1. The molecule has 5 rings (SSSR count). The maximum Gasteiger partial charge on any atom is 0.193 e. The molecule has 0 aliphatic heterocycles. The number of rotatable bonds is 9. The Morgan fingerprint density at radius 1 is 0.550 bits per heavy atom. The Kier molecular flexibility index (Phi) is 8.54. The first kappa shape index (κ1) is 27.1. The van der Waals surface area contributed by atoms with E-state index < -0.39 is 13.3 Å². The van der Waals surface area contributed by atoms with Gasteiger partial charge in [0, 0.05) is 5.56 Å². The highest BCUT2D eigenvalue weighted by Gasteiger charge is 2.48. The van der Waals surface area contributed by atoms with E-state index in [-0.39, 0.29) is 5.78 Å². The summed E-state index contributed by atoms with van der Waals surface area (Å²) in [6.07, 6.45) is 0. The Morgan fingerprint density at radius 2 is 0.925 bits per heavy atom. The third-order valence-electron chi connectivity index (χ3n) is 7.20. The summed E-state index contributed by atoms with van der Waals surface area (Å²) in [5, 5.41) is 14.4. The van der Waals surface area contributed by atoms with Crippen molar-refractivity contribution in [3.63, 3.8) is 0 Å². The van der Waals surface area contributed by atoms with Crippen LogP contribution in [-0.2, 0) is 0 Å². The van der Waals surface area contributed by atoms with Gasteiger partial charge in [0.1, 0.15) is 28.5 Å². The lowest BCUT2D eigenvalue weighted by molar-refractivity contribution is 0.0959. The van der Waals surface area contributed by atoms with Gasteiger partial charge in [-0.1, -0.05) is 115 Å². The van der Waals surface area contributed by atoms with Gasteiger partial charge in [0.25, 0.3) is 0 Å². The van der Waals surface area contributed by atoms with Gasteiger partial charge in [0.2, 0.25) is 0 Å². The second kappa shape index (κ2) is 12.6. The normalized spacial score (nSPS) is 13.1. The molecular weight excluding hydrogens is 507 g/mol. The minimum absolute atomic E-state index is 0.0729. The van der Waals surface area contributed by atoms with E-state index in [4.69, 9.17) is 10.2 Å². The van der Waals surface area contributed by atoms with Crippen LogP contribution in [0.3, 0.4) is 0 Å². The number of hydrogen-bond donors (Lipinski definition) is 0. The molecule has 0 saturated heterocycles. The van der Waals surface area contributed by atoms with Crippen LogP contribution >= 0.6 is 7.26 Å². The van der Waals surface area contributed by atoms with Crippen LogP contribution in [-0.4, -0.2) is 5.78 Å². The average Bonchev–Trinajstić information content (AvgIpc) is 3.04. The number of carbonyl (C=O) groups excluding carboxylic acids is 1. The average molecular weight is 540 g/mol. The van der Waals surface area contributed by atoms with E-state index in [1.54, 1.807) is 0 Å². The summed E-state index contributed by atoms with van der Waals surface area (Å²) < 4.78 is 0. The zero-order valence-electron chi connectivity index (χ0n) is 22.8. The molecule has 3 nitrogen and oxygen atoms in total. The molecule has 0 radical (unpaired) electrons. The molecule has 0 bridgehead atoms. The summed E-state index contributed by atoms with van der Waals surface area (Å²) in [7, 11) is -2.27. The Labute approximate surface area is 237 Å². The summed E-state index contributed by atoms with van der Waals surface area (Å²) in [6, 6.07) is 50.3. The van der Waals surface area contributed by atoms with E-state index in [9.17, 15) is 4.79 Å². The van der Waals surface area contributed by atoms with Crippen molar-refractivity contribution >= 4 is 29.0 Å². The fourth-order valence-corrected chi connectivity index (χ4v) is 9.55. The third-order valence-corrected chi connectivity index (χ3v) is 11.8. The highest BCUT2D eigenvalue weighted by Crippen LogP contribution is 2.63. The monoisotopic (exact) mass is 539 g/mol. The lowest BCUT2D eigenvalue weighted by Gasteiger charge is -2.28. The van der Waals surface area contributed by atoms with Crippen LogP contribution in [0.5, 0.6) is 0 Å². The minimum Gasteiger partial charge on any atom is -0.291 e. The van der Waals surface area contributed by atoms with Gasteiger partial charge < -0.3 is 0 Å². The molecule has 196 valence electrons.